The molecule has 0 radical (unpaired) electrons. The molecule has 1 heterocycles. The molecule has 1 aromatic carbocycles. The number of nitro groups is 1. The van der Waals surface area contributed by atoms with Crippen LogP contribution in [-0.2, 0) is 14.8 Å². The molecule has 1 fully saturated rings. The molecule has 1 atom stereocenters. The third-order valence-electron chi connectivity index (χ3n) is 3.34. The molecule has 9 heteroatoms. The Labute approximate surface area is 122 Å². The number of hydrogen-bond donors (Lipinski definition) is 2. The van der Waals surface area contributed by atoms with E-state index in [0.717, 1.165) is 0 Å². The second-order valence-electron chi connectivity index (χ2n) is 5.15. The third kappa shape index (κ3) is 3.31. The summed E-state index contributed by atoms with van der Waals surface area (Å²) in [7, 11) is -2.27. The number of ether oxygens (including phenoxy) is 1. The highest BCUT2D eigenvalue weighted by Gasteiger charge is 2.35. The lowest BCUT2D eigenvalue weighted by Gasteiger charge is -2.23. The molecule has 1 unspecified atom stereocenters. The molecule has 2 N–H and O–H groups in total. The fourth-order valence-corrected chi connectivity index (χ4v) is 3.62. The predicted molar refractivity (Wildman–Crippen MR) is 76.8 cm³/mol. The smallest absolute Gasteiger partial charge is 0.292 e. The lowest BCUT2D eigenvalue weighted by atomic mass is 10.0. The van der Waals surface area contributed by atoms with Gasteiger partial charge in [-0.3, -0.25) is 10.1 Å². The van der Waals surface area contributed by atoms with Crippen LogP contribution in [0.4, 0.5) is 11.4 Å². The van der Waals surface area contributed by atoms with Crippen LogP contribution in [0.3, 0.4) is 0 Å². The van der Waals surface area contributed by atoms with Gasteiger partial charge < -0.3 is 10.1 Å². The van der Waals surface area contributed by atoms with Gasteiger partial charge in [0.2, 0.25) is 10.0 Å². The van der Waals surface area contributed by atoms with E-state index in [-0.39, 0.29) is 16.3 Å². The van der Waals surface area contributed by atoms with Gasteiger partial charge >= 0.3 is 0 Å². The number of anilines is 1. The van der Waals surface area contributed by atoms with Gasteiger partial charge in [0, 0.05) is 19.7 Å². The Morgan fingerprint density at radius 2 is 2.14 bits per heavy atom. The first-order valence-electron chi connectivity index (χ1n) is 6.35. The van der Waals surface area contributed by atoms with Gasteiger partial charge in [-0.2, -0.15) is 0 Å². The zero-order valence-electron chi connectivity index (χ0n) is 11.8. The van der Waals surface area contributed by atoms with E-state index in [4.69, 9.17) is 4.74 Å². The maximum Gasteiger partial charge on any atom is 0.292 e. The van der Waals surface area contributed by atoms with E-state index in [9.17, 15) is 18.5 Å². The van der Waals surface area contributed by atoms with Crippen LogP contribution in [0.15, 0.2) is 23.1 Å². The quantitative estimate of drug-likeness (QED) is 0.621. The maximum absolute atomic E-state index is 12.4. The maximum atomic E-state index is 12.4. The summed E-state index contributed by atoms with van der Waals surface area (Å²) in [5.41, 5.74) is -0.678. The van der Waals surface area contributed by atoms with Gasteiger partial charge in [-0.25, -0.2) is 13.1 Å². The number of rotatable bonds is 5. The number of nitrogens with one attached hydrogen (secondary N) is 2. The summed E-state index contributed by atoms with van der Waals surface area (Å²) in [6, 6.07) is 3.65. The van der Waals surface area contributed by atoms with Crippen LogP contribution in [0, 0.1) is 10.1 Å². The van der Waals surface area contributed by atoms with Gasteiger partial charge in [0.1, 0.15) is 5.69 Å². The first-order valence-corrected chi connectivity index (χ1v) is 7.84. The lowest BCUT2D eigenvalue weighted by molar-refractivity contribution is -0.384. The Bertz CT molecular complexity index is 653. The van der Waals surface area contributed by atoms with E-state index in [2.05, 4.69) is 10.0 Å². The summed E-state index contributed by atoms with van der Waals surface area (Å²) in [5.74, 6) is 0. The fourth-order valence-electron chi connectivity index (χ4n) is 2.17. The molecule has 0 saturated carbocycles. The van der Waals surface area contributed by atoms with Crippen molar-refractivity contribution in [1.29, 1.82) is 0 Å². The molecule has 0 spiro atoms. The van der Waals surface area contributed by atoms with Crippen LogP contribution in [0.2, 0.25) is 0 Å². The minimum absolute atomic E-state index is 0.0226. The zero-order valence-corrected chi connectivity index (χ0v) is 12.6. The van der Waals surface area contributed by atoms with Crippen LogP contribution in [0.5, 0.6) is 0 Å². The van der Waals surface area contributed by atoms with Crippen molar-refractivity contribution in [2.24, 2.45) is 0 Å². The Balaban J connectivity index is 2.34. The Kier molecular flexibility index (Phi) is 4.17. The van der Waals surface area contributed by atoms with Gasteiger partial charge in [-0.15, -0.1) is 0 Å². The van der Waals surface area contributed by atoms with E-state index in [1.54, 1.807) is 6.92 Å². The Morgan fingerprint density at radius 1 is 1.43 bits per heavy atom. The summed E-state index contributed by atoms with van der Waals surface area (Å²) in [6.07, 6.45) is 0.581. The number of benzene rings is 1. The summed E-state index contributed by atoms with van der Waals surface area (Å²) >= 11 is 0. The standard InChI is InChI=1S/C12H17N3O5S/c1-12(5-6-20-8-12)14-21(18,19)9-3-4-11(15(16)17)10(7-9)13-2/h3-4,7,13-14H,5-6,8H2,1-2H3. The number of sulfonamides is 1. The Morgan fingerprint density at radius 3 is 2.67 bits per heavy atom. The van der Waals surface area contributed by atoms with Crippen molar-refractivity contribution >= 4 is 21.4 Å². The minimum atomic E-state index is -3.77. The van der Waals surface area contributed by atoms with Crippen molar-refractivity contribution in [3.63, 3.8) is 0 Å². The normalized spacial score (nSPS) is 22.2. The molecule has 1 aromatic rings. The number of nitro benzene ring substituents is 1. The van der Waals surface area contributed by atoms with Crippen LogP contribution in [0.1, 0.15) is 13.3 Å². The van der Waals surface area contributed by atoms with E-state index in [1.165, 1.54) is 25.2 Å². The summed E-state index contributed by atoms with van der Waals surface area (Å²) in [4.78, 5) is 10.3. The minimum Gasteiger partial charge on any atom is -0.383 e. The topological polar surface area (TPSA) is 111 Å². The van der Waals surface area contributed by atoms with Crippen LogP contribution in [-0.4, -0.2) is 39.1 Å². The number of hydrogen-bond acceptors (Lipinski definition) is 6. The molecule has 0 aromatic heterocycles. The van der Waals surface area contributed by atoms with Crippen molar-refractivity contribution in [2.75, 3.05) is 25.6 Å². The highest BCUT2D eigenvalue weighted by atomic mass is 32.2. The largest absolute Gasteiger partial charge is 0.383 e. The highest BCUT2D eigenvalue weighted by molar-refractivity contribution is 7.89. The molecular weight excluding hydrogens is 298 g/mol. The molecule has 1 saturated heterocycles. The molecule has 0 bridgehead atoms. The van der Waals surface area contributed by atoms with E-state index in [1.807, 2.05) is 0 Å². The van der Waals surface area contributed by atoms with Crippen LogP contribution < -0.4 is 10.0 Å². The predicted octanol–water partition coefficient (Wildman–Crippen LogP) is 1.09. The summed E-state index contributed by atoms with van der Waals surface area (Å²) in [5, 5.41) is 13.5. The monoisotopic (exact) mass is 315 g/mol. The van der Waals surface area contributed by atoms with Crippen molar-refractivity contribution in [3.8, 4) is 0 Å². The van der Waals surface area contributed by atoms with Crippen molar-refractivity contribution in [2.45, 2.75) is 23.8 Å². The fraction of sp³-hybridized carbons (Fsp3) is 0.500. The van der Waals surface area contributed by atoms with Gasteiger partial charge in [-0.1, -0.05) is 0 Å². The first kappa shape index (κ1) is 15.7. The highest BCUT2D eigenvalue weighted by Crippen LogP contribution is 2.28. The molecule has 21 heavy (non-hydrogen) atoms. The number of nitrogens with zero attached hydrogens (tertiary/aromatic N) is 1. The molecule has 116 valence electrons. The second kappa shape index (κ2) is 5.58. The third-order valence-corrected chi connectivity index (χ3v) is 4.98. The Hall–Kier alpha value is -1.71. The molecular formula is C12H17N3O5S. The first-order chi connectivity index (χ1) is 9.77. The van der Waals surface area contributed by atoms with Crippen molar-refractivity contribution in [3.05, 3.63) is 28.3 Å². The van der Waals surface area contributed by atoms with Gasteiger partial charge in [0.25, 0.3) is 5.69 Å². The summed E-state index contributed by atoms with van der Waals surface area (Å²) in [6.45, 7) is 2.57. The molecule has 8 nitrogen and oxygen atoms in total. The van der Waals surface area contributed by atoms with Gasteiger partial charge in [0.15, 0.2) is 0 Å². The molecule has 0 aliphatic carbocycles. The molecule has 1 aliphatic heterocycles. The second-order valence-corrected chi connectivity index (χ2v) is 6.84. The SMILES string of the molecule is CNc1cc(S(=O)(=O)NC2(C)CCOC2)ccc1[N+](=O)[O-]. The van der Waals surface area contributed by atoms with Crippen LogP contribution in [0.25, 0.3) is 0 Å². The molecule has 0 amide bonds. The average Bonchev–Trinajstić information content (AvgIpc) is 2.83. The molecule has 1 aliphatic rings. The summed E-state index contributed by atoms with van der Waals surface area (Å²) < 4.78 is 32.6. The van der Waals surface area contributed by atoms with Crippen molar-refractivity contribution < 1.29 is 18.1 Å². The average molecular weight is 315 g/mol. The van der Waals surface area contributed by atoms with Gasteiger partial charge in [0.05, 0.1) is 22.0 Å². The van der Waals surface area contributed by atoms with E-state index >= 15 is 0 Å². The van der Waals surface area contributed by atoms with Crippen molar-refractivity contribution in [1.82, 2.24) is 4.72 Å². The van der Waals surface area contributed by atoms with E-state index < -0.39 is 20.5 Å². The molecule has 2 rings (SSSR count). The van der Waals surface area contributed by atoms with E-state index in [0.29, 0.717) is 19.6 Å². The lowest BCUT2D eigenvalue weighted by Crippen LogP contribution is -2.46. The zero-order chi connectivity index (χ0) is 15.7. The van der Waals surface area contributed by atoms with Crippen LogP contribution >= 0.6 is 0 Å². The van der Waals surface area contributed by atoms with Gasteiger partial charge in [-0.05, 0) is 25.5 Å².